The van der Waals surface area contributed by atoms with Gasteiger partial charge in [0.15, 0.2) is 0 Å². The molecule has 0 N–H and O–H groups in total. The van der Waals surface area contributed by atoms with E-state index in [1.54, 1.807) is 6.20 Å². The minimum Gasteiger partial charge on any atom is -0.366 e. The molecular weight excluding hydrogens is 362 g/mol. The molecular formula is C24H27N3O2. The topological polar surface area (TPSA) is 47.4 Å². The Labute approximate surface area is 171 Å². The molecule has 0 aliphatic carbocycles. The van der Waals surface area contributed by atoms with Crippen LogP contribution in [0.15, 0.2) is 73.1 Å². The van der Waals surface area contributed by atoms with Crippen LogP contribution in [-0.4, -0.2) is 39.8 Å². The third-order valence-electron chi connectivity index (χ3n) is 5.41. The average molecular weight is 389 g/mol. The first-order chi connectivity index (χ1) is 14.1. The van der Waals surface area contributed by atoms with Crippen LogP contribution in [0.2, 0.25) is 0 Å². The lowest BCUT2D eigenvalue weighted by atomic mass is 10.00. The second kappa shape index (κ2) is 8.62. The van der Waals surface area contributed by atoms with Crippen LogP contribution in [0, 0.1) is 5.92 Å². The Morgan fingerprint density at radius 1 is 1.10 bits per heavy atom. The standard InChI is InChI=1S/C24H27N3O2/c1-18(2)22-16-26(17-23(29-22)20-9-4-3-5-10-20)24(28)21-11-6-8-19(14-21)15-27-13-7-12-25-27/h3-14,18,22-23H,15-17H2,1-2H3/t22-,23+/m1/s1. The molecule has 1 aliphatic heterocycles. The number of aromatic nitrogens is 2. The van der Waals surface area contributed by atoms with Crippen molar-refractivity contribution in [1.29, 1.82) is 0 Å². The smallest absolute Gasteiger partial charge is 0.254 e. The van der Waals surface area contributed by atoms with Gasteiger partial charge < -0.3 is 9.64 Å². The first-order valence-electron chi connectivity index (χ1n) is 10.2. The minimum atomic E-state index is -0.103. The van der Waals surface area contributed by atoms with Crippen molar-refractivity contribution < 1.29 is 9.53 Å². The fraction of sp³-hybridized carbons (Fsp3) is 0.333. The molecule has 1 fully saturated rings. The van der Waals surface area contributed by atoms with Gasteiger partial charge in [0.2, 0.25) is 0 Å². The van der Waals surface area contributed by atoms with Gasteiger partial charge in [-0.2, -0.15) is 5.10 Å². The zero-order valence-corrected chi connectivity index (χ0v) is 16.9. The molecule has 1 aliphatic rings. The van der Waals surface area contributed by atoms with E-state index in [4.69, 9.17) is 4.74 Å². The number of rotatable bonds is 5. The highest BCUT2D eigenvalue weighted by Crippen LogP contribution is 2.29. The second-order valence-electron chi connectivity index (χ2n) is 7.93. The van der Waals surface area contributed by atoms with Gasteiger partial charge in [-0.05, 0) is 35.2 Å². The van der Waals surface area contributed by atoms with E-state index < -0.39 is 0 Å². The van der Waals surface area contributed by atoms with Gasteiger partial charge >= 0.3 is 0 Å². The van der Waals surface area contributed by atoms with Crippen molar-refractivity contribution in [2.45, 2.75) is 32.6 Å². The Bertz CT molecular complexity index is 938. The van der Waals surface area contributed by atoms with Gasteiger partial charge in [0.1, 0.15) is 6.10 Å². The Hall–Kier alpha value is -2.92. The molecule has 0 unspecified atom stereocenters. The van der Waals surface area contributed by atoms with Crippen LogP contribution in [0.5, 0.6) is 0 Å². The molecule has 5 nitrogen and oxygen atoms in total. The number of morpholine rings is 1. The van der Waals surface area contributed by atoms with E-state index in [0.29, 0.717) is 31.1 Å². The molecule has 0 spiro atoms. The van der Waals surface area contributed by atoms with Crippen LogP contribution in [0.1, 0.15) is 41.4 Å². The quantitative estimate of drug-likeness (QED) is 0.658. The van der Waals surface area contributed by atoms with Gasteiger partial charge in [-0.1, -0.05) is 56.3 Å². The van der Waals surface area contributed by atoms with Crippen molar-refractivity contribution in [3.63, 3.8) is 0 Å². The van der Waals surface area contributed by atoms with E-state index in [0.717, 1.165) is 11.1 Å². The lowest BCUT2D eigenvalue weighted by Crippen LogP contribution is -2.48. The van der Waals surface area contributed by atoms with Crippen molar-refractivity contribution in [3.8, 4) is 0 Å². The zero-order valence-electron chi connectivity index (χ0n) is 16.9. The highest BCUT2D eigenvalue weighted by molar-refractivity contribution is 5.94. The van der Waals surface area contributed by atoms with Gasteiger partial charge in [-0.15, -0.1) is 0 Å². The third-order valence-corrected chi connectivity index (χ3v) is 5.41. The van der Waals surface area contributed by atoms with E-state index in [1.807, 2.05) is 64.3 Å². The van der Waals surface area contributed by atoms with Crippen LogP contribution >= 0.6 is 0 Å². The number of carbonyl (C=O) groups is 1. The van der Waals surface area contributed by atoms with Gasteiger partial charge in [-0.3, -0.25) is 9.48 Å². The first kappa shape index (κ1) is 19.4. The number of ether oxygens (including phenoxy) is 1. The summed E-state index contributed by atoms with van der Waals surface area (Å²) < 4.78 is 8.20. The summed E-state index contributed by atoms with van der Waals surface area (Å²) in [7, 11) is 0. The molecule has 5 heteroatoms. The molecule has 150 valence electrons. The lowest BCUT2D eigenvalue weighted by Gasteiger charge is -2.40. The average Bonchev–Trinajstić information content (AvgIpc) is 3.26. The van der Waals surface area contributed by atoms with Crippen molar-refractivity contribution >= 4 is 5.91 Å². The van der Waals surface area contributed by atoms with Crippen LogP contribution in [0.25, 0.3) is 0 Å². The third kappa shape index (κ3) is 4.57. The van der Waals surface area contributed by atoms with Gasteiger partial charge in [0.05, 0.1) is 19.2 Å². The predicted octanol–water partition coefficient (Wildman–Crippen LogP) is 4.17. The Morgan fingerprint density at radius 2 is 1.93 bits per heavy atom. The SMILES string of the molecule is CC(C)[C@H]1CN(C(=O)c2cccc(Cn3cccn3)c2)C[C@@H](c2ccccc2)O1. The van der Waals surface area contributed by atoms with Gasteiger partial charge in [-0.25, -0.2) is 0 Å². The highest BCUT2D eigenvalue weighted by Gasteiger charge is 2.33. The summed E-state index contributed by atoms with van der Waals surface area (Å²) in [4.78, 5) is 15.3. The number of hydrogen-bond acceptors (Lipinski definition) is 3. The van der Waals surface area contributed by atoms with E-state index in [2.05, 4.69) is 31.1 Å². The van der Waals surface area contributed by atoms with E-state index in [9.17, 15) is 4.79 Å². The van der Waals surface area contributed by atoms with Crippen LogP contribution in [0.3, 0.4) is 0 Å². The largest absolute Gasteiger partial charge is 0.366 e. The van der Waals surface area contributed by atoms with E-state index >= 15 is 0 Å². The molecule has 1 saturated heterocycles. The number of benzene rings is 2. The summed E-state index contributed by atoms with van der Waals surface area (Å²) >= 11 is 0. The zero-order chi connectivity index (χ0) is 20.2. The number of nitrogens with zero attached hydrogens (tertiary/aromatic N) is 3. The molecule has 29 heavy (non-hydrogen) atoms. The Kier molecular flexibility index (Phi) is 5.76. The Balaban J connectivity index is 1.55. The maximum Gasteiger partial charge on any atom is 0.254 e. The summed E-state index contributed by atoms with van der Waals surface area (Å²) in [5.41, 5.74) is 2.89. The molecule has 4 rings (SSSR count). The van der Waals surface area contributed by atoms with E-state index in [-0.39, 0.29) is 18.1 Å². The molecule has 0 bridgehead atoms. The summed E-state index contributed by atoms with van der Waals surface area (Å²) in [6.07, 6.45) is 3.60. The molecule has 2 heterocycles. The predicted molar refractivity (Wildman–Crippen MR) is 113 cm³/mol. The fourth-order valence-corrected chi connectivity index (χ4v) is 3.74. The molecule has 0 saturated carbocycles. The Morgan fingerprint density at radius 3 is 2.66 bits per heavy atom. The minimum absolute atomic E-state index is 0.0187. The fourth-order valence-electron chi connectivity index (χ4n) is 3.74. The van der Waals surface area contributed by atoms with Crippen molar-refractivity contribution in [2.24, 2.45) is 5.92 Å². The maximum atomic E-state index is 13.3. The van der Waals surface area contributed by atoms with Crippen molar-refractivity contribution in [3.05, 3.63) is 89.7 Å². The lowest BCUT2D eigenvalue weighted by molar-refractivity contribution is -0.0954. The molecule has 3 aromatic rings. The number of carbonyl (C=O) groups excluding carboxylic acids is 1. The first-order valence-corrected chi connectivity index (χ1v) is 10.2. The summed E-state index contributed by atoms with van der Waals surface area (Å²) in [6.45, 7) is 6.12. The van der Waals surface area contributed by atoms with Crippen molar-refractivity contribution in [1.82, 2.24) is 14.7 Å². The number of amides is 1. The molecule has 1 aromatic heterocycles. The maximum absolute atomic E-state index is 13.3. The summed E-state index contributed by atoms with van der Waals surface area (Å²) in [5.74, 6) is 0.394. The molecule has 2 atom stereocenters. The number of hydrogen-bond donors (Lipinski definition) is 0. The summed E-state index contributed by atoms with van der Waals surface area (Å²) in [5, 5.41) is 4.25. The van der Waals surface area contributed by atoms with Crippen molar-refractivity contribution in [2.75, 3.05) is 13.1 Å². The molecule has 2 aromatic carbocycles. The molecule has 1 amide bonds. The normalized spacial score (nSPS) is 19.5. The van der Waals surface area contributed by atoms with Crippen LogP contribution < -0.4 is 0 Å². The van der Waals surface area contributed by atoms with Crippen LogP contribution in [0.4, 0.5) is 0 Å². The summed E-state index contributed by atoms with van der Waals surface area (Å²) in [6, 6.07) is 19.9. The molecule has 0 radical (unpaired) electrons. The second-order valence-corrected chi connectivity index (χ2v) is 7.93. The van der Waals surface area contributed by atoms with Gasteiger partial charge in [0.25, 0.3) is 5.91 Å². The highest BCUT2D eigenvalue weighted by atomic mass is 16.5. The van der Waals surface area contributed by atoms with E-state index in [1.165, 1.54) is 0 Å². The van der Waals surface area contributed by atoms with Gasteiger partial charge in [0, 0.05) is 24.5 Å². The van der Waals surface area contributed by atoms with Crippen LogP contribution in [-0.2, 0) is 11.3 Å². The monoisotopic (exact) mass is 389 g/mol.